The molecule has 11 unspecified atom stereocenters. The van der Waals surface area contributed by atoms with Crippen LogP contribution in [0.1, 0.15) is 145 Å². The van der Waals surface area contributed by atoms with Gasteiger partial charge in [0.2, 0.25) is 0 Å². The minimum Gasteiger partial charge on any atom is -0.491 e. The zero-order chi connectivity index (χ0) is 45.1. The molecule has 0 radical (unpaired) electrons. The van der Waals surface area contributed by atoms with Gasteiger partial charge in [-0.1, -0.05) is 136 Å². The predicted octanol–water partition coefficient (Wildman–Crippen LogP) is 14.9. The van der Waals surface area contributed by atoms with Crippen LogP contribution in [0.5, 0.6) is 17.2 Å². The summed E-state index contributed by atoms with van der Waals surface area (Å²) in [6.07, 6.45) is 22.6. The monoisotopic (exact) mass is 871 g/mol. The van der Waals surface area contributed by atoms with Crippen LogP contribution in [0, 0.1) is 47.3 Å². The fourth-order valence-electron chi connectivity index (χ4n) is 10.6. The average Bonchev–Trinajstić information content (AvgIpc) is 4.24. The fraction of sp³-hybridized carbons (Fsp3) is 0.684. The van der Waals surface area contributed by atoms with Gasteiger partial charge in [0.15, 0.2) is 0 Å². The molecule has 4 bridgehead atoms. The van der Waals surface area contributed by atoms with Crippen molar-refractivity contribution in [3.8, 4) is 17.2 Å². The average molecular weight is 871 g/mol. The van der Waals surface area contributed by atoms with Crippen molar-refractivity contribution >= 4 is 0 Å². The molecule has 3 heterocycles. The van der Waals surface area contributed by atoms with Crippen molar-refractivity contribution in [2.24, 2.45) is 47.3 Å². The number of para-hydroxylation sites is 3. The number of benzene rings is 3. The minimum atomic E-state index is 0.343. The smallest absolute Gasteiger partial charge is 0.119 e. The van der Waals surface area contributed by atoms with Gasteiger partial charge in [-0.15, -0.1) is 0 Å². The SMILES string of the molecule is C1CC2C3CCC(C3)C2C1.C1CC2C3CCC(C3)C2C1.CC.CC.CCC.CCC.c1ccc(OCC2CO2)cc1.c1ccc(OCC2CO2)cc1.c1ccc(OCC2CO2)cc1. The molecule has 3 aliphatic heterocycles. The second kappa shape index (κ2) is 31.0. The Labute approximate surface area is 385 Å². The van der Waals surface area contributed by atoms with Gasteiger partial charge in [0.05, 0.1) is 19.8 Å². The summed E-state index contributed by atoms with van der Waals surface area (Å²) < 4.78 is 31.2. The molecule has 3 aromatic carbocycles. The van der Waals surface area contributed by atoms with E-state index in [9.17, 15) is 0 Å². The van der Waals surface area contributed by atoms with Crippen LogP contribution >= 0.6 is 0 Å². The van der Waals surface area contributed by atoms with Gasteiger partial charge in [0.1, 0.15) is 55.4 Å². The predicted molar refractivity (Wildman–Crippen MR) is 263 cm³/mol. The maximum absolute atomic E-state index is 5.40. The molecule has 9 aliphatic rings. The minimum absolute atomic E-state index is 0.343. The first kappa shape index (κ1) is 52.6. The van der Waals surface area contributed by atoms with E-state index in [0.29, 0.717) is 38.1 Å². The molecule has 0 spiro atoms. The van der Waals surface area contributed by atoms with E-state index in [4.69, 9.17) is 28.4 Å². The van der Waals surface area contributed by atoms with Gasteiger partial charge in [-0.25, -0.2) is 0 Å². The molecule has 0 amide bonds. The summed E-state index contributed by atoms with van der Waals surface area (Å²) in [6.45, 7) is 21.1. The summed E-state index contributed by atoms with van der Waals surface area (Å²) in [5.74, 6) is 12.4. The van der Waals surface area contributed by atoms with E-state index < -0.39 is 0 Å². The second-order valence-corrected chi connectivity index (χ2v) is 18.3. The third-order valence-electron chi connectivity index (χ3n) is 13.4. The van der Waals surface area contributed by atoms with Crippen LogP contribution in [-0.2, 0) is 14.2 Å². The molecule has 0 N–H and O–H groups in total. The first-order valence-corrected chi connectivity index (χ1v) is 26.0. The maximum atomic E-state index is 5.40. The second-order valence-electron chi connectivity index (χ2n) is 18.3. The Hall–Kier alpha value is -3.06. The molecular formula is C57H90O6. The lowest BCUT2D eigenvalue weighted by Crippen LogP contribution is -2.15. The van der Waals surface area contributed by atoms with E-state index in [1.165, 1.54) is 60.2 Å². The van der Waals surface area contributed by atoms with E-state index in [1.54, 1.807) is 77.0 Å². The zero-order valence-corrected chi connectivity index (χ0v) is 41.1. The molecule has 63 heavy (non-hydrogen) atoms. The lowest BCUT2D eigenvalue weighted by Gasteiger charge is -2.23. The number of ether oxygens (including phenoxy) is 6. The Kier molecular flexibility index (Phi) is 25.8. The van der Waals surface area contributed by atoms with Crippen molar-refractivity contribution in [1.82, 2.24) is 0 Å². The van der Waals surface area contributed by atoms with E-state index in [0.717, 1.165) is 37.1 Å². The van der Waals surface area contributed by atoms with Crippen molar-refractivity contribution in [2.75, 3.05) is 39.6 Å². The largest absolute Gasteiger partial charge is 0.491 e. The van der Waals surface area contributed by atoms with E-state index in [1.807, 2.05) is 119 Å². The molecule has 9 fully saturated rings. The molecular weight excluding hydrogens is 781 g/mol. The maximum Gasteiger partial charge on any atom is 0.119 e. The lowest BCUT2D eigenvalue weighted by molar-refractivity contribution is 0.259. The highest BCUT2D eigenvalue weighted by Gasteiger charge is 2.49. The fourth-order valence-corrected chi connectivity index (χ4v) is 10.6. The van der Waals surface area contributed by atoms with Gasteiger partial charge in [0, 0.05) is 0 Å². The molecule has 12 rings (SSSR count). The molecule has 3 saturated heterocycles. The van der Waals surface area contributed by atoms with Crippen molar-refractivity contribution in [1.29, 1.82) is 0 Å². The summed E-state index contributed by atoms with van der Waals surface area (Å²) in [5.41, 5.74) is 0. The Morgan fingerprint density at radius 1 is 0.381 bits per heavy atom. The number of hydrogen-bond acceptors (Lipinski definition) is 6. The first-order chi connectivity index (χ1) is 31.1. The number of hydrogen-bond donors (Lipinski definition) is 0. The Bertz CT molecular complexity index is 1320. The quantitative estimate of drug-likeness (QED) is 0.200. The van der Waals surface area contributed by atoms with Crippen molar-refractivity contribution in [2.45, 2.75) is 164 Å². The van der Waals surface area contributed by atoms with Gasteiger partial charge in [-0.3, -0.25) is 0 Å². The van der Waals surface area contributed by atoms with Gasteiger partial charge in [-0.05, 0) is 148 Å². The van der Waals surface area contributed by atoms with Crippen LogP contribution in [-0.4, -0.2) is 58.0 Å². The molecule has 0 aromatic heterocycles. The third-order valence-corrected chi connectivity index (χ3v) is 13.4. The zero-order valence-electron chi connectivity index (χ0n) is 41.1. The normalized spacial score (nSPS) is 30.2. The lowest BCUT2D eigenvalue weighted by atomic mass is 9.82. The summed E-state index contributed by atoms with van der Waals surface area (Å²) in [5, 5.41) is 0. The van der Waals surface area contributed by atoms with Crippen LogP contribution in [0.4, 0.5) is 0 Å². The van der Waals surface area contributed by atoms with E-state index >= 15 is 0 Å². The molecule has 11 atom stereocenters. The molecule has 354 valence electrons. The topological polar surface area (TPSA) is 65.3 Å². The van der Waals surface area contributed by atoms with E-state index in [-0.39, 0.29) is 0 Å². The highest BCUT2D eigenvalue weighted by molar-refractivity contribution is 5.22. The van der Waals surface area contributed by atoms with Crippen molar-refractivity contribution < 1.29 is 28.4 Å². The molecule has 6 nitrogen and oxygen atoms in total. The molecule has 6 aliphatic carbocycles. The Morgan fingerprint density at radius 2 is 0.603 bits per heavy atom. The summed E-state index contributed by atoms with van der Waals surface area (Å²) in [6, 6.07) is 29.4. The summed E-state index contributed by atoms with van der Waals surface area (Å²) in [7, 11) is 0. The molecule has 3 aromatic rings. The van der Waals surface area contributed by atoms with Crippen LogP contribution in [0.2, 0.25) is 0 Å². The number of rotatable bonds is 9. The third kappa shape index (κ3) is 19.5. The van der Waals surface area contributed by atoms with Crippen molar-refractivity contribution in [3.63, 3.8) is 0 Å². The highest BCUT2D eigenvalue weighted by atomic mass is 16.6. The van der Waals surface area contributed by atoms with Gasteiger partial charge in [0.25, 0.3) is 0 Å². The van der Waals surface area contributed by atoms with E-state index in [2.05, 4.69) is 27.7 Å². The van der Waals surface area contributed by atoms with Crippen LogP contribution in [0.15, 0.2) is 91.0 Å². The van der Waals surface area contributed by atoms with Crippen LogP contribution in [0.3, 0.4) is 0 Å². The van der Waals surface area contributed by atoms with Crippen LogP contribution in [0.25, 0.3) is 0 Å². The van der Waals surface area contributed by atoms with Gasteiger partial charge >= 0.3 is 0 Å². The molecule has 6 heteroatoms. The standard InChI is InChI=1S/2C10H16.3C9H10O2.2C3H8.2C2H6/c2*1-2-9-7-4-5-8(6-7)10(9)3-1;3*1-2-4-8(5-3-1)10-6-9-7-11-9;2*1-3-2;2*1-2/h2*7-10H,1-6H2;3*1-5,9H,6-7H2;2*3H2,1-2H3;2*1-2H3. The highest BCUT2D eigenvalue weighted by Crippen LogP contribution is 2.59. The Balaban J connectivity index is 0.000000164. The molecule has 6 saturated carbocycles. The Morgan fingerprint density at radius 3 is 0.810 bits per heavy atom. The number of fused-ring (bicyclic) bond motifs is 10. The number of epoxide rings is 3. The first-order valence-electron chi connectivity index (χ1n) is 26.0. The summed E-state index contributed by atoms with van der Waals surface area (Å²) >= 11 is 0. The van der Waals surface area contributed by atoms with Gasteiger partial charge in [-0.2, -0.15) is 0 Å². The van der Waals surface area contributed by atoms with Crippen molar-refractivity contribution in [3.05, 3.63) is 91.0 Å². The van der Waals surface area contributed by atoms with Gasteiger partial charge < -0.3 is 28.4 Å². The summed E-state index contributed by atoms with van der Waals surface area (Å²) in [4.78, 5) is 0. The van der Waals surface area contributed by atoms with Crippen LogP contribution < -0.4 is 14.2 Å².